The van der Waals surface area contributed by atoms with Gasteiger partial charge < -0.3 is 9.64 Å². The largest absolute Gasteiger partial charge is 0.379 e. The highest BCUT2D eigenvalue weighted by molar-refractivity contribution is 14.1. The number of hydrogen-bond acceptors (Lipinski definition) is 2. The maximum atomic E-state index is 12.6. The highest BCUT2D eigenvalue weighted by Crippen LogP contribution is 2.23. The summed E-state index contributed by atoms with van der Waals surface area (Å²) in [5.74, 6) is 0.646. The lowest BCUT2D eigenvalue weighted by Crippen LogP contribution is -2.46. The smallest absolute Gasteiger partial charge is 0.255 e. The Kier molecular flexibility index (Phi) is 4.84. The third kappa shape index (κ3) is 3.11. The average Bonchev–Trinajstić information content (AvgIpc) is 2.41. The molecule has 3 nitrogen and oxygen atoms in total. The molecule has 0 spiro atoms. The number of likely N-dealkylation sites (tertiary alicyclic amines) is 1. The SMILES string of the molecule is COC1CN(C(=O)c2cccc(C)c2I)CCC1C. The number of ether oxygens (including phenoxy) is 1. The molecule has 1 aromatic rings. The number of aryl methyl sites for hydroxylation is 1. The Morgan fingerprint density at radius 1 is 1.47 bits per heavy atom. The van der Waals surface area contributed by atoms with Crippen molar-refractivity contribution < 1.29 is 9.53 Å². The van der Waals surface area contributed by atoms with Gasteiger partial charge in [-0.15, -0.1) is 0 Å². The number of rotatable bonds is 2. The van der Waals surface area contributed by atoms with Crippen LogP contribution in [0.5, 0.6) is 0 Å². The van der Waals surface area contributed by atoms with Crippen LogP contribution in [0.15, 0.2) is 18.2 Å². The van der Waals surface area contributed by atoms with Gasteiger partial charge in [0.05, 0.1) is 11.7 Å². The van der Waals surface area contributed by atoms with Crippen LogP contribution in [-0.4, -0.2) is 37.1 Å². The maximum Gasteiger partial charge on any atom is 0.255 e. The molecular weight excluding hydrogens is 353 g/mol. The zero-order valence-corrected chi connectivity index (χ0v) is 13.8. The number of benzene rings is 1. The van der Waals surface area contributed by atoms with E-state index in [1.165, 1.54) is 0 Å². The molecule has 2 unspecified atom stereocenters. The van der Waals surface area contributed by atoms with Gasteiger partial charge in [-0.25, -0.2) is 0 Å². The molecule has 0 radical (unpaired) electrons. The van der Waals surface area contributed by atoms with Crippen molar-refractivity contribution in [3.63, 3.8) is 0 Å². The van der Waals surface area contributed by atoms with Gasteiger partial charge in [-0.3, -0.25) is 4.79 Å². The molecule has 1 heterocycles. The third-order valence-corrected chi connectivity index (χ3v) is 5.33. The molecular formula is C15H20INO2. The van der Waals surface area contributed by atoms with Crippen LogP contribution in [0.1, 0.15) is 29.3 Å². The van der Waals surface area contributed by atoms with E-state index in [4.69, 9.17) is 4.74 Å². The number of amides is 1. The lowest BCUT2D eigenvalue weighted by Gasteiger charge is -2.36. The molecule has 0 N–H and O–H groups in total. The number of hydrogen-bond donors (Lipinski definition) is 0. The predicted molar refractivity (Wildman–Crippen MR) is 84.4 cm³/mol. The summed E-state index contributed by atoms with van der Waals surface area (Å²) in [6.45, 7) is 5.74. The monoisotopic (exact) mass is 373 g/mol. The van der Waals surface area contributed by atoms with E-state index >= 15 is 0 Å². The third-order valence-electron chi connectivity index (χ3n) is 3.90. The van der Waals surface area contributed by atoms with E-state index < -0.39 is 0 Å². The zero-order valence-electron chi connectivity index (χ0n) is 11.6. The Morgan fingerprint density at radius 3 is 2.89 bits per heavy atom. The van der Waals surface area contributed by atoms with Gasteiger partial charge in [0.1, 0.15) is 0 Å². The molecule has 0 saturated carbocycles. The Hall–Kier alpha value is -0.620. The average molecular weight is 373 g/mol. The van der Waals surface area contributed by atoms with E-state index in [2.05, 4.69) is 29.5 Å². The Balaban J connectivity index is 2.18. The first-order chi connectivity index (χ1) is 9.04. The van der Waals surface area contributed by atoms with Gasteiger partial charge in [0.2, 0.25) is 0 Å². The van der Waals surface area contributed by atoms with Gasteiger partial charge in [-0.05, 0) is 53.5 Å². The van der Waals surface area contributed by atoms with Crippen molar-refractivity contribution in [2.75, 3.05) is 20.2 Å². The van der Waals surface area contributed by atoms with Crippen LogP contribution in [-0.2, 0) is 4.74 Å². The van der Waals surface area contributed by atoms with Crippen LogP contribution >= 0.6 is 22.6 Å². The summed E-state index contributed by atoms with van der Waals surface area (Å²) in [5.41, 5.74) is 1.96. The van der Waals surface area contributed by atoms with Crippen molar-refractivity contribution in [2.45, 2.75) is 26.4 Å². The lowest BCUT2D eigenvalue weighted by molar-refractivity contribution is -0.00160. The van der Waals surface area contributed by atoms with Crippen LogP contribution in [0.2, 0.25) is 0 Å². The van der Waals surface area contributed by atoms with Crippen LogP contribution in [0.25, 0.3) is 0 Å². The van der Waals surface area contributed by atoms with Crippen molar-refractivity contribution in [1.29, 1.82) is 0 Å². The van der Waals surface area contributed by atoms with Crippen molar-refractivity contribution in [1.82, 2.24) is 4.90 Å². The summed E-state index contributed by atoms with van der Waals surface area (Å²) in [5, 5.41) is 0. The van der Waals surface area contributed by atoms with Crippen molar-refractivity contribution in [3.05, 3.63) is 32.9 Å². The molecule has 1 aliphatic rings. The van der Waals surface area contributed by atoms with Gasteiger partial charge >= 0.3 is 0 Å². The quantitative estimate of drug-likeness (QED) is 0.746. The molecule has 1 saturated heterocycles. The molecule has 4 heteroatoms. The normalized spacial score (nSPS) is 23.5. The number of piperidine rings is 1. The van der Waals surface area contributed by atoms with Crippen LogP contribution < -0.4 is 0 Å². The molecule has 0 aliphatic carbocycles. The lowest BCUT2D eigenvalue weighted by atomic mass is 9.95. The fourth-order valence-corrected chi connectivity index (χ4v) is 3.10. The fraction of sp³-hybridized carbons (Fsp3) is 0.533. The Morgan fingerprint density at radius 2 is 2.21 bits per heavy atom. The first-order valence-corrected chi connectivity index (χ1v) is 7.69. The summed E-state index contributed by atoms with van der Waals surface area (Å²) in [6.07, 6.45) is 1.16. The molecule has 2 atom stereocenters. The van der Waals surface area contributed by atoms with E-state index in [0.717, 1.165) is 27.7 Å². The second-order valence-corrected chi connectivity index (χ2v) is 6.31. The van der Waals surface area contributed by atoms with Gasteiger partial charge in [0.25, 0.3) is 5.91 Å². The highest BCUT2D eigenvalue weighted by Gasteiger charge is 2.29. The van der Waals surface area contributed by atoms with Gasteiger partial charge in [0.15, 0.2) is 0 Å². The molecule has 1 amide bonds. The Bertz CT molecular complexity index is 475. The van der Waals surface area contributed by atoms with Crippen LogP contribution in [0, 0.1) is 16.4 Å². The molecule has 2 rings (SSSR count). The molecule has 1 fully saturated rings. The Labute approximate surface area is 128 Å². The minimum Gasteiger partial charge on any atom is -0.379 e. The molecule has 0 aromatic heterocycles. The summed E-state index contributed by atoms with van der Waals surface area (Å²) < 4.78 is 6.53. The molecule has 0 bridgehead atoms. The second kappa shape index (κ2) is 6.22. The van der Waals surface area contributed by atoms with E-state index in [9.17, 15) is 4.79 Å². The van der Waals surface area contributed by atoms with Crippen LogP contribution in [0.4, 0.5) is 0 Å². The number of halogens is 1. The number of carbonyl (C=O) groups is 1. The fourth-order valence-electron chi connectivity index (χ4n) is 2.51. The first kappa shape index (κ1) is 14.8. The highest BCUT2D eigenvalue weighted by atomic mass is 127. The summed E-state index contributed by atoms with van der Waals surface area (Å²) in [7, 11) is 1.73. The first-order valence-electron chi connectivity index (χ1n) is 6.61. The van der Waals surface area contributed by atoms with Gasteiger partial charge in [-0.1, -0.05) is 19.1 Å². The van der Waals surface area contributed by atoms with Gasteiger partial charge in [-0.2, -0.15) is 0 Å². The second-order valence-electron chi connectivity index (χ2n) is 5.23. The molecule has 1 aliphatic heterocycles. The summed E-state index contributed by atoms with van der Waals surface area (Å²) in [6, 6.07) is 5.90. The summed E-state index contributed by atoms with van der Waals surface area (Å²) in [4.78, 5) is 14.5. The van der Waals surface area contributed by atoms with E-state index in [1.807, 2.05) is 30.0 Å². The van der Waals surface area contributed by atoms with Crippen molar-refractivity contribution >= 4 is 28.5 Å². The molecule has 19 heavy (non-hydrogen) atoms. The van der Waals surface area contributed by atoms with Crippen molar-refractivity contribution in [2.24, 2.45) is 5.92 Å². The summed E-state index contributed by atoms with van der Waals surface area (Å²) >= 11 is 2.26. The minimum absolute atomic E-state index is 0.127. The minimum atomic E-state index is 0.127. The standard InChI is InChI=1S/C15H20INO2/c1-10-7-8-17(9-13(10)19-3)15(18)12-6-4-5-11(2)14(12)16/h4-6,10,13H,7-9H2,1-3H3. The maximum absolute atomic E-state index is 12.6. The van der Waals surface area contributed by atoms with Crippen LogP contribution in [0.3, 0.4) is 0 Å². The van der Waals surface area contributed by atoms with E-state index in [-0.39, 0.29) is 12.0 Å². The zero-order chi connectivity index (χ0) is 14.0. The topological polar surface area (TPSA) is 29.5 Å². The predicted octanol–water partition coefficient (Wildman–Crippen LogP) is 3.10. The van der Waals surface area contributed by atoms with Gasteiger partial charge in [0, 0.05) is 23.8 Å². The molecule has 104 valence electrons. The van der Waals surface area contributed by atoms with E-state index in [0.29, 0.717) is 12.5 Å². The molecule has 1 aromatic carbocycles. The number of methoxy groups -OCH3 is 1. The van der Waals surface area contributed by atoms with E-state index in [1.54, 1.807) is 7.11 Å². The van der Waals surface area contributed by atoms with Crippen molar-refractivity contribution in [3.8, 4) is 0 Å². The number of nitrogens with zero attached hydrogens (tertiary/aromatic N) is 1. The number of carbonyl (C=O) groups excluding carboxylic acids is 1.